The van der Waals surface area contributed by atoms with E-state index in [0.717, 1.165) is 70.7 Å². The third-order valence-electron chi connectivity index (χ3n) is 14.3. The van der Waals surface area contributed by atoms with Crippen LogP contribution in [0.1, 0.15) is 119 Å². The number of fused-ring (bicyclic) bond motifs is 10. The lowest BCUT2D eigenvalue weighted by Crippen LogP contribution is -2.52. The van der Waals surface area contributed by atoms with Crippen LogP contribution in [-0.4, -0.2) is 59.9 Å². The van der Waals surface area contributed by atoms with E-state index in [9.17, 15) is 33.9 Å². The van der Waals surface area contributed by atoms with Gasteiger partial charge in [-0.15, -0.1) is 0 Å². The molecule has 4 aliphatic heterocycles. The van der Waals surface area contributed by atoms with E-state index in [1.54, 1.807) is 55.9 Å². The second-order valence-corrected chi connectivity index (χ2v) is 19.9. The van der Waals surface area contributed by atoms with Gasteiger partial charge in [-0.05, 0) is 82.3 Å². The van der Waals surface area contributed by atoms with Gasteiger partial charge in [-0.3, -0.25) is 9.59 Å². The summed E-state index contributed by atoms with van der Waals surface area (Å²) in [4.78, 5) is 89.0. The number of cyclic esters (lactones) is 2. The fourth-order valence-electron chi connectivity index (χ4n) is 10.7. The van der Waals surface area contributed by atoms with Crippen molar-refractivity contribution in [1.82, 2.24) is 24.4 Å². The van der Waals surface area contributed by atoms with Gasteiger partial charge in [0.1, 0.15) is 24.9 Å². The molecule has 0 unspecified atom stereocenters. The number of rotatable bonds is 7. The van der Waals surface area contributed by atoms with Crippen molar-refractivity contribution in [3.8, 4) is 22.8 Å². The first-order valence-electron chi connectivity index (χ1n) is 24.1. The molecular weight excluding hydrogens is 895 g/mol. The summed E-state index contributed by atoms with van der Waals surface area (Å²) in [7, 11) is 0. The maximum absolute atomic E-state index is 14.0. The Kier molecular flexibility index (Phi) is 11.7. The zero-order valence-corrected chi connectivity index (χ0v) is 39.9. The van der Waals surface area contributed by atoms with Crippen LogP contribution in [0.3, 0.4) is 0 Å². The summed E-state index contributed by atoms with van der Waals surface area (Å²) >= 11 is 0. The van der Waals surface area contributed by atoms with Crippen molar-refractivity contribution in [3.05, 3.63) is 127 Å². The summed E-state index contributed by atoms with van der Waals surface area (Å²) in [6.45, 7) is 9.07. The maximum Gasteiger partial charge on any atom is 0.408 e. The largest absolute Gasteiger partial charge is 0.458 e. The van der Waals surface area contributed by atoms with Crippen LogP contribution in [-0.2, 0) is 70.8 Å². The molecule has 4 aromatic heterocycles. The fourth-order valence-corrected chi connectivity index (χ4v) is 10.7. The molecule has 1 saturated carbocycles. The molecule has 5 aliphatic rings. The summed E-state index contributed by atoms with van der Waals surface area (Å²) < 4.78 is 25.4. The number of pyridine rings is 4. The first-order valence-corrected chi connectivity index (χ1v) is 24.1. The fraction of sp³-hybridized carbons (Fsp3) is 0.407. The van der Waals surface area contributed by atoms with Crippen LogP contribution in [0.4, 0.5) is 4.79 Å². The van der Waals surface area contributed by atoms with Crippen LogP contribution < -0.4 is 16.4 Å². The van der Waals surface area contributed by atoms with Gasteiger partial charge < -0.3 is 38.5 Å². The quantitative estimate of drug-likeness (QED) is 0.117. The van der Waals surface area contributed by atoms with E-state index < -0.39 is 46.8 Å². The summed E-state index contributed by atoms with van der Waals surface area (Å²) in [5.41, 5.74) is 2.34. The van der Waals surface area contributed by atoms with Crippen molar-refractivity contribution in [2.75, 3.05) is 0 Å². The Labute approximate surface area is 402 Å². The first-order chi connectivity index (χ1) is 33.5. The number of alkyl carbamates (subject to hydrolysis) is 1. The number of aromatic nitrogens is 4. The number of hydrogen-bond acceptors (Lipinski definition) is 13. The van der Waals surface area contributed by atoms with Gasteiger partial charge in [-0.2, -0.15) is 0 Å². The number of aliphatic hydroxyl groups is 1. The predicted molar refractivity (Wildman–Crippen MR) is 257 cm³/mol. The minimum absolute atomic E-state index is 0.0358. The monoisotopic (exact) mass is 949 g/mol. The second kappa shape index (κ2) is 17.6. The van der Waals surface area contributed by atoms with Crippen molar-refractivity contribution >= 4 is 45.8 Å². The number of carbonyl (C=O) groups is 4. The van der Waals surface area contributed by atoms with Crippen LogP contribution in [0, 0.1) is 5.92 Å². The zero-order chi connectivity index (χ0) is 49.3. The number of nitrogens with zero attached hydrogens (tertiary/aromatic N) is 4. The van der Waals surface area contributed by atoms with Gasteiger partial charge in [0.05, 0.1) is 58.0 Å². The molecule has 16 nitrogen and oxygen atoms in total. The number of amides is 1. The Morgan fingerprint density at radius 2 is 1.29 bits per heavy atom. The average Bonchev–Trinajstić information content (AvgIpc) is 3.89. The van der Waals surface area contributed by atoms with E-state index in [-0.39, 0.29) is 48.7 Å². The lowest BCUT2D eigenvalue weighted by atomic mass is 9.84. The lowest BCUT2D eigenvalue weighted by molar-refractivity contribution is -0.191. The summed E-state index contributed by atoms with van der Waals surface area (Å²) in [6, 6.07) is 22.0. The van der Waals surface area contributed by atoms with Gasteiger partial charge >= 0.3 is 24.0 Å². The molecule has 1 aliphatic carbocycles. The highest BCUT2D eigenvalue weighted by molar-refractivity contribution is 5.91. The number of para-hydroxylation sites is 2. The van der Waals surface area contributed by atoms with E-state index in [1.807, 2.05) is 60.7 Å². The Hall–Kier alpha value is -7.20. The minimum atomic E-state index is -1.86. The Morgan fingerprint density at radius 3 is 1.83 bits per heavy atom. The number of hydrogen-bond donors (Lipinski definition) is 2. The van der Waals surface area contributed by atoms with Crippen molar-refractivity contribution in [3.63, 3.8) is 0 Å². The summed E-state index contributed by atoms with van der Waals surface area (Å²) in [5, 5.41) is 15.5. The normalized spacial score (nSPS) is 20.3. The van der Waals surface area contributed by atoms with E-state index in [0.29, 0.717) is 53.3 Å². The molecule has 1 fully saturated rings. The van der Waals surface area contributed by atoms with E-state index in [1.165, 1.54) is 0 Å². The molecule has 2 N–H and O–H groups in total. The molecule has 0 saturated heterocycles. The van der Waals surface area contributed by atoms with E-state index >= 15 is 0 Å². The standard InChI is InChI=1S/C34H39N3O7.C20H16N2O4/c1-5-34(43-30(39)26(15-20-11-7-6-8-12-20)36-32(41)44-33(2,3)4)24-17-27-28-22(16-21-13-9-10-14-25(21)35-28)18-37(27)29(38)23(24)19-42-31(34)40;1-2-20(25)14-8-16-17-12(7-11-5-3-4-6-15(11)21-17)9-22(16)18(23)13(14)10-26-19(20)24/h9-10,13-14,16-17,20,26H,5-8,11-12,15,18-19H2,1-4H3,(H,36,41);3-8,25H,2,9-10H2,1H3/t26-,34-;20-/m00/s1. The van der Waals surface area contributed by atoms with E-state index in [2.05, 4.69) is 5.32 Å². The third kappa shape index (κ3) is 8.01. The van der Waals surface area contributed by atoms with Gasteiger partial charge in [-0.25, -0.2) is 29.1 Å². The van der Waals surface area contributed by atoms with Gasteiger partial charge in [0, 0.05) is 33.0 Å². The predicted octanol–water partition coefficient (Wildman–Crippen LogP) is 7.57. The Morgan fingerprint density at radius 1 is 0.757 bits per heavy atom. The number of esters is 3. The maximum atomic E-state index is 14.0. The van der Waals surface area contributed by atoms with E-state index in [4.69, 9.17) is 28.9 Å². The molecule has 1 amide bonds. The number of benzene rings is 2. The summed E-state index contributed by atoms with van der Waals surface area (Å²) in [6.07, 6.45) is 4.92. The summed E-state index contributed by atoms with van der Waals surface area (Å²) in [5.74, 6) is -2.01. The lowest BCUT2D eigenvalue weighted by Gasteiger charge is -2.37. The van der Waals surface area contributed by atoms with Gasteiger partial charge in [0.2, 0.25) is 5.60 Å². The van der Waals surface area contributed by atoms with Crippen LogP contribution in [0.5, 0.6) is 0 Å². The topological polar surface area (TPSA) is 207 Å². The number of ether oxygens (including phenoxy) is 4. The molecule has 8 heterocycles. The van der Waals surface area contributed by atoms with Crippen LogP contribution in [0.25, 0.3) is 44.6 Å². The highest BCUT2D eigenvalue weighted by atomic mass is 16.6. The first kappa shape index (κ1) is 46.5. The van der Waals surface area contributed by atoms with Gasteiger partial charge in [0.15, 0.2) is 5.60 Å². The highest BCUT2D eigenvalue weighted by Gasteiger charge is 2.52. The van der Waals surface area contributed by atoms with Crippen molar-refractivity contribution < 1.29 is 43.2 Å². The SMILES string of the molecule is CC[C@@]1(O)C(=O)OCc2c1cc1n(c2=O)Cc2cc3ccccc3nc2-1.CC[C@@]1(OC(=O)[C@H](CC2CCCCC2)NC(=O)OC(C)(C)C)C(=O)OCc2c1cc1n(c2=O)Cc2cc3ccccc3nc2-1. The molecular formula is C54H55N5O11. The minimum Gasteiger partial charge on any atom is -0.458 e. The van der Waals surface area contributed by atoms with Crippen molar-refractivity contribution in [2.24, 2.45) is 5.92 Å². The third-order valence-corrected chi connectivity index (χ3v) is 14.3. The highest BCUT2D eigenvalue weighted by Crippen LogP contribution is 2.42. The molecule has 362 valence electrons. The van der Waals surface area contributed by atoms with Gasteiger partial charge in [0.25, 0.3) is 11.1 Å². The van der Waals surface area contributed by atoms with Crippen molar-refractivity contribution in [1.29, 1.82) is 0 Å². The molecule has 11 rings (SSSR count). The molecule has 0 spiro atoms. The van der Waals surface area contributed by atoms with Gasteiger partial charge in [-0.1, -0.05) is 82.3 Å². The van der Waals surface area contributed by atoms with Crippen molar-refractivity contribution in [2.45, 2.75) is 135 Å². The average molecular weight is 950 g/mol. The molecule has 70 heavy (non-hydrogen) atoms. The van der Waals surface area contributed by atoms with Crippen LogP contribution in [0.2, 0.25) is 0 Å². The molecule has 0 radical (unpaired) electrons. The molecule has 6 aromatic rings. The molecule has 2 aromatic carbocycles. The Balaban J connectivity index is 0.000000184. The second-order valence-electron chi connectivity index (χ2n) is 19.9. The Bertz CT molecular complexity index is 3290. The number of nitrogens with one attached hydrogen (secondary N) is 1. The van der Waals surface area contributed by atoms with Crippen LogP contribution in [0.15, 0.2) is 82.4 Å². The molecule has 0 bridgehead atoms. The number of carbonyl (C=O) groups excluding carboxylic acids is 4. The smallest absolute Gasteiger partial charge is 0.408 e. The molecule has 3 atom stereocenters. The molecule has 16 heteroatoms. The zero-order valence-electron chi connectivity index (χ0n) is 39.9. The van der Waals surface area contributed by atoms with Crippen LogP contribution >= 0.6 is 0 Å².